The molecule has 1 saturated heterocycles. The molecule has 4 nitrogen and oxygen atoms in total. The Morgan fingerprint density at radius 2 is 2.22 bits per heavy atom. The summed E-state index contributed by atoms with van der Waals surface area (Å²) in [6.45, 7) is 3.99. The fourth-order valence-corrected chi connectivity index (χ4v) is 2.44. The van der Waals surface area contributed by atoms with E-state index in [1.165, 1.54) is 0 Å². The third kappa shape index (κ3) is 1.91. The molecule has 3 rings (SSSR count). The zero-order chi connectivity index (χ0) is 12.6. The lowest BCUT2D eigenvalue weighted by molar-refractivity contribution is 0.306. The second-order valence-electron chi connectivity index (χ2n) is 4.89. The Hall–Kier alpha value is -1.39. The molecule has 1 aromatic heterocycles. The van der Waals surface area contributed by atoms with Crippen molar-refractivity contribution in [3.8, 4) is 11.4 Å². The van der Waals surface area contributed by atoms with Gasteiger partial charge < -0.3 is 9.84 Å². The normalized spacial score (nSPS) is 23.4. The zero-order valence-electron chi connectivity index (χ0n) is 10.1. The summed E-state index contributed by atoms with van der Waals surface area (Å²) < 4.78 is 5.40. The van der Waals surface area contributed by atoms with Gasteiger partial charge in [0.05, 0.1) is 10.4 Å². The SMILES string of the molecule is CC1(c2nc(-c3ccccc3Cl)no2)CCNC1. The maximum Gasteiger partial charge on any atom is 0.234 e. The quantitative estimate of drug-likeness (QED) is 0.905. The molecule has 1 unspecified atom stereocenters. The van der Waals surface area contributed by atoms with Gasteiger partial charge in [-0.15, -0.1) is 0 Å². The van der Waals surface area contributed by atoms with Gasteiger partial charge in [-0.3, -0.25) is 0 Å². The van der Waals surface area contributed by atoms with Crippen LogP contribution in [-0.4, -0.2) is 23.2 Å². The van der Waals surface area contributed by atoms with Crippen molar-refractivity contribution in [2.45, 2.75) is 18.8 Å². The molecule has 0 saturated carbocycles. The number of aromatic nitrogens is 2. The van der Waals surface area contributed by atoms with E-state index < -0.39 is 0 Å². The summed E-state index contributed by atoms with van der Waals surface area (Å²) in [4.78, 5) is 4.49. The van der Waals surface area contributed by atoms with Crippen molar-refractivity contribution in [1.29, 1.82) is 0 Å². The Bertz CT molecular complexity index is 561. The van der Waals surface area contributed by atoms with Crippen LogP contribution in [0.5, 0.6) is 0 Å². The van der Waals surface area contributed by atoms with Gasteiger partial charge in [0.25, 0.3) is 0 Å². The standard InChI is InChI=1S/C13H14ClN3O/c1-13(6-7-15-8-13)12-16-11(17-18-12)9-4-2-3-5-10(9)14/h2-5,15H,6-8H2,1H3. The third-order valence-corrected chi connectivity index (χ3v) is 3.76. The van der Waals surface area contributed by atoms with Crippen LogP contribution in [-0.2, 0) is 5.41 Å². The van der Waals surface area contributed by atoms with Gasteiger partial charge in [0.1, 0.15) is 0 Å². The molecule has 1 fully saturated rings. The lowest BCUT2D eigenvalue weighted by Gasteiger charge is -2.15. The summed E-state index contributed by atoms with van der Waals surface area (Å²) in [5, 5.41) is 8.00. The average Bonchev–Trinajstić information content (AvgIpc) is 2.99. The molecular weight excluding hydrogens is 250 g/mol. The molecule has 1 atom stereocenters. The van der Waals surface area contributed by atoms with Crippen molar-refractivity contribution in [3.63, 3.8) is 0 Å². The Labute approximate surface area is 110 Å². The van der Waals surface area contributed by atoms with Crippen LogP contribution in [0.4, 0.5) is 0 Å². The average molecular weight is 264 g/mol. The molecule has 2 aromatic rings. The maximum absolute atomic E-state index is 6.13. The molecule has 94 valence electrons. The van der Waals surface area contributed by atoms with E-state index >= 15 is 0 Å². The fraction of sp³-hybridized carbons (Fsp3) is 0.385. The minimum absolute atomic E-state index is 0.0630. The van der Waals surface area contributed by atoms with E-state index in [0.29, 0.717) is 16.7 Å². The van der Waals surface area contributed by atoms with Crippen LogP contribution >= 0.6 is 11.6 Å². The Balaban J connectivity index is 1.97. The summed E-state index contributed by atoms with van der Waals surface area (Å²) >= 11 is 6.13. The van der Waals surface area contributed by atoms with Gasteiger partial charge in [0.15, 0.2) is 0 Å². The summed E-state index contributed by atoms with van der Waals surface area (Å²) in [5.74, 6) is 1.24. The number of benzene rings is 1. The summed E-state index contributed by atoms with van der Waals surface area (Å²) in [6, 6.07) is 7.52. The maximum atomic E-state index is 6.13. The number of hydrogen-bond donors (Lipinski definition) is 1. The first kappa shape index (κ1) is 11.7. The molecule has 0 radical (unpaired) electrons. The van der Waals surface area contributed by atoms with Crippen LogP contribution in [0, 0.1) is 0 Å². The Morgan fingerprint density at radius 3 is 2.94 bits per heavy atom. The predicted octanol–water partition coefficient (Wildman–Crippen LogP) is 2.64. The number of rotatable bonds is 2. The highest BCUT2D eigenvalue weighted by molar-refractivity contribution is 6.33. The fourth-order valence-electron chi connectivity index (χ4n) is 2.22. The first-order chi connectivity index (χ1) is 8.69. The smallest absolute Gasteiger partial charge is 0.234 e. The van der Waals surface area contributed by atoms with Gasteiger partial charge in [-0.2, -0.15) is 4.98 Å². The summed E-state index contributed by atoms with van der Waals surface area (Å²) in [5.41, 5.74) is 0.746. The highest BCUT2D eigenvalue weighted by Crippen LogP contribution is 2.31. The van der Waals surface area contributed by atoms with Crippen molar-refractivity contribution < 1.29 is 4.52 Å². The van der Waals surface area contributed by atoms with E-state index in [4.69, 9.17) is 16.1 Å². The predicted molar refractivity (Wildman–Crippen MR) is 69.6 cm³/mol. The number of hydrogen-bond acceptors (Lipinski definition) is 4. The molecule has 1 N–H and O–H groups in total. The zero-order valence-corrected chi connectivity index (χ0v) is 10.9. The minimum atomic E-state index is -0.0630. The van der Waals surface area contributed by atoms with Crippen LogP contribution < -0.4 is 5.32 Å². The van der Waals surface area contributed by atoms with E-state index in [0.717, 1.165) is 25.1 Å². The number of nitrogens with one attached hydrogen (secondary N) is 1. The molecule has 0 bridgehead atoms. The third-order valence-electron chi connectivity index (χ3n) is 3.43. The van der Waals surface area contributed by atoms with E-state index in [1.54, 1.807) is 0 Å². The first-order valence-corrected chi connectivity index (χ1v) is 6.37. The number of nitrogens with zero attached hydrogens (tertiary/aromatic N) is 2. The van der Waals surface area contributed by atoms with E-state index in [1.807, 2.05) is 24.3 Å². The Kier molecular flexibility index (Phi) is 2.84. The van der Waals surface area contributed by atoms with E-state index in [2.05, 4.69) is 22.4 Å². The molecule has 0 amide bonds. The van der Waals surface area contributed by atoms with Crippen molar-refractivity contribution in [2.24, 2.45) is 0 Å². The van der Waals surface area contributed by atoms with Gasteiger partial charge in [-0.1, -0.05) is 28.9 Å². The van der Waals surface area contributed by atoms with E-state index in [9.17, 15) is 0 Å². The summed E-state index contributed by atoms with van der Waals surface area (Å²) in [7, 11) is 0. The summed E-state index contributed by atoms with van der Waals surface area (Å²) in [6.07, 6.45) is 1.01. The van der Waals surface area contributed by atoms with Crippen LogP contribution in [0.15, 0.2) is 28.8 Å². The molecule has 1 aromatic carbocycles. The number of halogens is 1. The second kappa shape index (κ2) is 4.37. The van der Waals surface area contributed by atoms with Crippen molar-refractivity contribution in [1.82, 2.24) is 15.5 Å². The Morgan fingerprint density at radius 1 is 1.39 bits per heavy atom. The topological polar surface area (TPSA) is 51.0 Å². The van der Waals surface area contributed by atoms with Crippen LogP contribution in [0.2, 0.25) is 5.02 Å². The van der Waals surface area contributed by atoms with E-state index in [-0.39, 0.29) is 5.41 Å². The van der Waals surface area contributed by atoms with Crippen molar-refractivity contribution in [2.75, 3.05) is 13.1 Å². The monoisotopic (exact) mass is 263 g/mol. The molecule has 0 spiro atoms. The van der Waals surface area contributed by atoms with Crippen molar-refractivity contribution >= 4 is 11.6 Å². The second-order valence-corrected chi connectivity index (χ2v) is 5.30. The van der Waals surface area contributed by atoms with Crippen LogP contribution in [0.3, 0.4) is 0 Å². The van der Waals surface area contributed by atoms with Gasteiger partial charge >= 0.3 is 0 Å². The first-order valence-electron chi connectivity index (χ1n) is 5.99. The molecule has 1 aliphatic heterocycles. The molecule has 1 aliphatic rings. The molecule has 2 heterocycles. The molecule has 0 aliphatic carbocycles. The molecular formula is C13H14ClN3O. The van der Waals surface area contributed by atoms with Gasteiger partial charge in [-0.25, -0.2) is 0 Å². The minimum Gasteiger partial charge on any atom is -0.338 e. The van der Waals surface area contributed by atoms with Crippen molar-refractivity contribution in [3.05, 3.63) is 35.2 Å². The lowest BCUT2D eigenvalue weighted by Crippen LogP contribution is -2.25. The largest absolute Gasteiger partial charge is 0.338 e. The highest BCUT2D eigenvalue weighted by Gasteiger charge is 2.36. The van der Waals surface area contributed by atoms with Gasteiger partial charge in [0.2, 0.25) is 11.7 Å². The lowest BCUT2D eigenvalue weighted by atomic mass is 9.90. The molecule has 5 heteroatoms. The highest BCUT2D eigenvalue weighted by atomic mass is 35.5. The molecule has 18 heavy (non-hydrogen) atoms. The van der Waals surface area contributed by atoms with Gasteiger partial charge in [-0.05, 0) is 32.0 Å². The van der Waals surface area contributed by atoms with Crippen LogP contribution in [0.25, 0.3) is 11.4 Å². The van der Waals surface area contributed by atoms with Gasteiger partial charge in [0, 0.05) is 12.1 Å². The van der Waals surface area contributed by atoms with Crippen LogP contribution in [0.1, 0.15) is 19.2 Å².